The van der Waals surface area contributed by atoms with Crippen molar-refractivity contribution in [2.45, 2.75) is 82.9 Å². The number of aliphatic hydroxyl groups is 2. The predicted octanol–water partition coefficient (Wildman–Crippen LogP) is -2.61. The lowest BCUT2D eigenvalue weighted by Crippen LogP contribution is -2.63. The molecule has 1 aromatic heterocycles. The Kier molecular flexibility index (Phi) is 10.3. The summed E-state index contributed by atoms with van der Waals surface area (Å²) in [5, 5.41) is 20.9. The van der Waals surface area contributed by atoms with E-state index in [1.165, 1.54) is 0 Å². The summed E-state index contributed by atoms with van der Waals surface area (Å²) < 4.78 is 52.0. The predicted molar refractivity (Wildman–Crippen MR) is 125 cm³/mol. The van der Waals surface area contributed by atoms with Gasteiger partial charge >= 0.3 is 29.6 Å². The lowest BCUT2D eigenvalue weighted by atomic mass is 9.98. The third kappa shape index (κ3) is 7.73. The first kappa shape index (κ1) is 31.8. The van der Waals surface area contributed by atoms with Crippen LogP contribution in [-0.2, 0) is 52.3 Å². The minimum atomic E-state index is -1.79. The van der Waals surface area contributed by atoms with E-state index in [1.54, 1.807) is 4.98 Å². The van der Waals surface area contributed by atoms with Crippen LogP contribution < -0.4 is 11.2 Å². The molecule has 0 saturated carbocycles. The SMILES string of the molecule is CC(=O)OCC1OC(OCC2OC(n3cc(F)c(=O)[nH]c3=O)C(O)C2O)C(OC(C)=O)C(OC(C)=O)C1OC(C)=O. The highest BCUT2D eigenvalue weighted by Gasteiger charge is 2.53. The number of nitrogens with one attached hydrogen (secondary N) is 1. The van der Waals surface area contributed by atoms with Crippen molar-refractivity contribution in [3.05, 3.63) is 32.9 Å². The van der Waals surface area contributed by atoms with Gasteiger partial charge in [-0.1, -0.05) is 0 Å². The number of ether oxygens (including phenoxy) is 7. The Labute approximate surface area is 230 Å². The van der Waals surface area contributed by atoms with E-state index in [4.69, 9.17) is 33.2 Å². The molecule has 2 fully saturated rings. The van der Waals surface area contributed by atoms with Crippen molar-refractivity contribution in [3.8, 4) is 0 Å². The maximum atomic E-state index is 13.8. The molecule has 2 aliphatic rings. The molecule has 2 saturated heterocycles. The highest BCUT2D eigenvalue weighted by Crippen LogP contribution is 2.32. The molecule has 0 aliphatic carbocycles. The summed E-state index contributed by atoms with van der Waals surface area (Å²) in [5.41, 5.74) is -2.43. The van der Waals surface area contributed by atoms with Gasteiger partial charge in [0, 0.05) is 27.7 Å². The van der Waals surface area contributed by atoms with Gasteiger partial charge in [0.2, 0.25) is 5.82 Å². The zero-order valence-corrected chi connectivity index (χ0v) is 22.2. The van der Waals surface area contributed by atoms with Gasteiger partial charge in [-0.25, -0.2) is 4.79 Å². The van der Waals surface area contributed by atoms with E-state index in [9.17, 15) is 43.4 Å². The molecular weight excluding hydrogens is 563 g/mol. The third-order valence-corrected chi connectivity index (χ3v) is 5.91. The molecule has 18 heteroatoms. The number of esters is 4. The Hall–Kier alpha value is -3.71. The van der Waals surface area contributed by atoms with E-state index in [-0.39, 0.29) is 0 Å². The van der Waals surface area contributed by atoms with Crippen LogP contribution in [0.25, 0.3) is 0 Å². The number of rotatable bonds is 9. The van der Waals surface area contributed by atoms with Crippen LogP contribution >= 0.6 is 0 Å². The average molecular weight is 592 g/mol. The first-order valence-corrected chi connectivity index (χ1v) is 12.1. The molecule has 0 radical (unpaired) electrons. The molecule has 9 unspecified atom stereocenters. The van der Waals surface area contributed by atoms with E-state index in [0.29, 0.717) is 10.8 Å². The fourth-order valence-electron chi connectivity index (χ4n) is 4.26. The number of carbonyl (C=O) groups is 4. The van der Waals surface area contributed by atoms with Crippen molar-refractivity contribution in [2.24, 2.45) is 0 Å². The van der Waals surface area contributed by atoms with Crippen molar-refractivity contribution in [2.75, 3.05) is 13.2 Å². The number of halogens is 1. The lowest BCUT2D eigenvalue weighted by Gasteiger charge is -2.44. The normalized spacial score (nSPS) is 31.2. The average Bonchev–Trinajstić information content (AvgIpc) is 3.14. The monoisotopic (exact) mass is 592 g/mol. The van der Waals surface area contributed by atoms with Gasteiger partial charge in [-0.3, -0.25) is 33.5 Å². The van der Waals surface area contributed by atoms with Crippen LogP contribution in [0.3, 0.4) is 0 Å². The van der Waals surface area contributed by atoms with Crippen LogP contribution in [0.1, 0.15) is 33.9 Å². The van der Waals surface area contributed by atoms with E-state index >= 15 is 0 Å². The van der Waals surface area contributed by atoms with Crippen LogP contribution in [0.5, 0.6) is 0 Å². The fraction of sp³-hybridized carbons (Fsp3) is 0.652. The van der Waals surface area contributed by atoms with Crippen LogP contribution in [0.2, 0.25) is 0 Å². The summed E-state index contributed by atoms with van der Waals surface area (Å²) in [7, 11) is 0. The summed E-state index contributed by atoms with van der Waals surface area (Å²) in [6.45, 7) is 3.08. The van der Waals surface area contributed by atoms with Crippen molar-refractivity contribution in [3.63, 3.8) is 0 Å². The van der Waals surface area contributed by atoms with Gasteiger partial charge in [-0.15, -0.1) is 0 Å². The minimum absolute atomic E-state index is 0.491. The second kappa shape index (κ2) is 13.3. The lowest BCUT2D eigenvalue weighted by molar-refractivity contribution is -0.312. The molecule has 2 aliphatic heterocycles. The maximum absolute atomic E-state index is 13.8. The molecule has 17 nitrogen and oxygen atoms in total. The molecule has 3 rings (SSSR count). The number of aliphatic hydroxyl groups excluding tert-OH is 2. The highest BCUT2D eigenvalue weighted by atomic mass is 19.1. The topological polar surface area (TPSA) is 228 Å². The fourth-order valence-corrected chi connectivity index (χ4v) is 4.26. The van der Waals surface area contributed by atoms with Crippen molar-refractivity contribution in [1.29, 1.82) is 0 Å². The van der Waals surface area contributed by atoms with E-state index in [0.717, 1.165) is 27.7 Å². The zero-order valence-electron chi connectivity index (χ0n) is 22.2. The number of aromatic amines is 1. The molecule has 9 atom stereocenters. The van der Waals surface area contributed by atoms with Gasteiger partial charge < -0.3 is 43.4 Å². The van der Waals surface area contributed by atoms with Crippen molar-refractivity contribution >= 4 is 23.9 Å². The van der Waals surface area contributed by atoms with E-state index in [2.05, 4.69) is 0 Å². The standard InChI is InChI=1S/C23H29FN2O15/c1-8(27)35-7-14-17(37-9(2)28)18(38-10(3)29)19(39-11(4)30)22(41-14)36-6-13-15(31)16(32)21(40-13)26-5-12(24)20(33)25-23(26)34/h5,13-19,21-22,31-32H,6-7H2,1-4H3,(H,25,33,34). The first-order chi connectivity index (χ1) is 19.2. The Morgan fingerprint density at radius 3 is 2.02 bits per heavy atom. The summed E-state index contributed by atoms with van der Waals surface area (Å²) in [5.74, 6) is -4.66. The summed E-state index contributed by atoms with van der Waals surface area (Å²) in [6, 6.07) is 0. The van der Waals surface area contributed by atoms with E-state index in [1.807, 2.05) is 0 Å². The van der Waals surface area contributed by atoms with Gasteiger partial charge in [-0.05, 0) is 0 Å². The number of nitrogens with zero attached hydrogens (tertiary/aromatic N) is 1. The van der Waals surface area contributed by atoms with Gasteiger partial charge in [-0.2, -0.15) is 4.39 Å². The largest absolute Gasteiger partial charge is 0.463 e. The Balaban J connectivity index is 1.87. The van der Waals surface area contributed by atoms with E-state index < -0.39 is 109 Å². The summed E-state index contributed by atoms with van der Waals surface area (Å²) in [4.78, 5) is 72.2. The molecule has 0 bridgehead atoms. The van der Waals surface area contributed by atoms with Gasteiger partial charge in [0.05, 0.1) is 12.8 Å². The van der Waals surface area contributed by atoms with Crippen molar-refractivity contribution < 1.29 is 66.9 Å². The maximum Gasteiger partial charge on any atom is 0.330 e. The summed E-state index contributed by atoms with van der Waals surface area (Å²) >= 11 is 0. The van der Waals surface area contributed by atoms with Crippen LogP contribution in [0, 0.1) is 5.82 Å². The number of H-pyrrole nitrogens is 1. The van der Waals surface area contributed by atoms with Gasteiger partial charge in [0.15, 0.2) is 30.8 Å². The van der Waals surface area contributed by atoms with Gasteiger partial charge in [0.1, 0.15) is 31.0 Å². The molecule has 1 aromatic rings. The molecule has 3 N–H and O–H groups in total. The van der Waals surface area contributed by atoms with Crippen LogP contribution in [-0.4, -0.2) is 106 Å². The minimum Gasteiger partial charge on any atom is -0.463 e. The number of carbonyl (C=O) groups excluding carboxylic acids is 4. The summed E-state index contributed by atoms with van der Waals surface area (Å²) in [6.07, 6.45) is -13.5. The number of hydrogen-bond donors (Lipinski definition) is 3. The third-order valence-electron chi connectivity index (χ3n) is 5.91. The Bertz CT molecular complexity index is 1260. The molecule has 228 valence electrons. The molecule has 0 amide bonds. The van der Waals surface area contributed by atoms with Crippen LogP contribution in [0.15, 0.2) is 15.8 Å². The van der Waals surface area contributed by atoms with Crippen LogP contribution in [0.4, 0.5) is 4.39 Å². The van der Waals surface area contributed by atoms with Crippen molar-refractivity contribution in [1.82, 2.24) is 9.55 Å². The first-order valence-electron chi connectivity index (χ1n) is 12.1. The molecule has 0 spiro atoms. The second-order valence-electron chi connectivity index (χ2n) is 9.09. The number of aromatic nitrogens is 2. The highest BCUT2D eigenvalue weighted by molar-refractivity contribution is 5.68. The quantitative estimate of drug-likeness (QED) is 0.197. The molecule has 41 heavy (non-hydrogen) atoms. The smallest absolute Gasteiger partial charge is 0.330 e. The second-order valence-corrected chi connectivity index (χ2v) is 9.09. The Morgan fingerprint density at radius 1 is 0.854 bits per heavy atom. The zero-order chi connectivity index (χ0) is 30.6. The molecule has 3 heterocycles. The van der Waals surface area contributed by atoms with Gasteiger partial charge in [0.25, 0.3) is 5.56 Å². The molecular formula is C23H29FN2O15. The number of hydrogen-bond acceptors (Lipinski definition) is 15. The Morgan fingerprint density at radius 2 is 1.44 bits per heavy atom. The molecule has 0 aromatic carbocycles.